The van der Waals surface area contributed by atoms with Crippen molar-refractivity contribution in [1.82, 2.24) is 14.8 Å². The Morgan fingerprint density at radius 2 is 1.00 bits per heavy atom. The number of nitro groups is 5. The van der Waals surface area contributed by atoms with Crippen LogP contribution in [0.25, 0.3) is 0 Å². The molecule has 0 aromatic heterocycles. The van der Waals surface area contributed by atoms with E-state index >= 15 is 0 Å². The van der Waals surface area contributed by atoms with Gasteiger partial charge in [0.15, 0.2) is 5.03 Å². The lowest BCUT2D eigenvalue weighted by molar-refractivity contribution is -0.672. The highest BCUT2D eigenvalue weighted by atomic mass is 16.7. The highest BCUT2D eigenvalue weighted by Gasteiger charge is 2.56. The SMILES string of the molecule is O=[N+]([O-])C1CCC2C(C1)CN(CN(CN1CC3CC([N+](=O)[O-])CCC3C1[N+](=O)[O-])[N+](=O)[O-])C2[N+](=O)[O-]. The van der Waals surface area contributed by atoms with E-state index < -0.39 is 74.3 Å². The van der Waals surface area contributed by atoms with Crippen molar-refractivity contribution in [2.75, 3.05) is 26.4 Å². The maximum Gasteiger partial charge on any atom is 0.273 e. The van der Waals surface area contributed by atoms with Gasteiger partial charge in [0.25, 0.3) is 12.3 Å². The van der Waals surface area contributed by atoms with Crippen molar-refractivity contribution >= 4 is 0 Å². The highest BCUT2D eigenvalue weighted by molar-refractivity contribution is 4.94. The third kappa shape index (κ3) is 4.86. The lowest BCUT2D eigenvalue weighted by Gasteiger charge is -2.28. The van der Waals surface area contributed by atoms with E-state index in [9.17, 15) is 50.6 Å². The van der Waals surface area contributed by atoms with Crippen LogP contribution in [-0.2, 0) is 0 Å². The van der Waals surface area contributed by atoms with Gasteiger partial charge < -0.3 is 0 Å². The molecule has 2 saturated carbocycles. The van der Waals surface area contributed by atoms with Gasteiger partial charge >= 0.3 is 0 Å². The maximum absolute atomic E-state index is 11.9. The average molecular weight is 516 g/mol. The van der Waals surface area contributed by atoms with Crippen LogP contribution in [0.15, 0.2) is 0 Å². The van der Waals surface area contributed by atoms with Crippen LogP contribution in [0.5, 0.6) is 0 Å². The normalized spacial score (nSPS) is 36.6. The highest BCUT2D eigenvalue weighted by Crippen LogP contribution is 2.43. The molecule has 2 saturated heterocycles. The molecule has 0 N–H and O–H groups in total. The summed E-state index contributed by atoms with van der Waals surface area (Å²) in [6.45, 7) is -0.774. The number of rotatable bonds is 9. The van der Waals surface area contributed by atoms with Gasteiger partial charge in [-0.2, -0.15) is 0 Å². The molecule has 18 nitrogen and oxygen atoms in total. The molecule has 2 aliphatic heterocycles. The van der Waals surface area contributed by atoms with Crippen LogP contribution in [0.1, 0.15) is 38.5 Å². The summed E-state index contributed by atoms with van der Waals surface area (Å²) in [6, 6.07) is -1.61. The quantitative estimate of drug-likeness (QED) is 0.298. The van der Waals surface area contributed by atoms with Gasteiger partial charge in [0, 0.05) is 70.3 Å². The first kappa shape index (κ1) is 25.8. The number of likely N-dealkylation sites (tertiary alicyclic amines) is 2. The van der Waals surface area contributed by atoms with E-state index in [0.29, 0.717) is 5.01 Å². The second kappa shape index (κ2) is 10.00. The second-order valence-electron chi connectivity index (χ2n) is 10.3. The summed E-state index contributed by atoms with van der Waals surface area (Å²) in [5, 5.41) is 58.0. The largest absolute Gasteiger partial charge is 0.273 e. The molecular weight excluding hydrogens is 488 g/mol. The van der Waals surface area contributed by atoms with E-state index in [1.807, 2.05) is 0 Å². The molecule has 4 fully saturated rings. The fraction of sp³-hybridized carbons (Fsp3) is 1.00. The predicted molar refractivity (Wildman–Crippen MR) is 117 cm³/mol. The van der Waals surface area contributed by atoms with Gasteiger partial charge in [-0.05, 0) is 24.7 Å². The van der Waals surface area contributed by atoms with Crippen molar-refractivity contribution in [3.63, 3.8) is 0 Å². The van der Waals surface area contributed by atoms with Crippen molar-refractivity contribution < 1.29 is 24.7 Å². The van der Waals surface area contributed by atoms with E-state index in [1.54, 1.807) is 0 Å². The van der Waals surface area contributed by atoms with Crippen molar-refractivity contribution in [2.24, 2.45) is 23.7 Å². The molecular formula is C18H28N8O10. The first-order valence-corrected chi connectivity index (χ1v) is 11.9. The van der Waals surface area contributed by atoms with Gasteiger partial charge in [0.05, 0.1) is 0 Å². The molecule has 2 aliphatic carbocycles. The first-order chi connectivity index (χ1) is 17.0. The van der Waals surface area contributed by atoms with Crippen LogP contribution in [0.2, 0.25) is 0 Å². The van der Waals surface area contributed by atoms with Crippen molar-refractivity contribution in [1.29, 1.82) is 0 Å². The van der Waals surface area contributed by atoms with Gasteiger partial charge in [-0.1, -0.05) is 5.01 Å². The zero-order chi connectivity index (χ0) is 26.3. The van der Waals surface area contributed by atoms with E-state index in [4.69, 9.17) is 0 Å². The van der Waals surface area contributed by atoms with Crippen LogP contribution in [0.4, 0.5) is 0 Å². The van der Waals surface area contributed by atoms with Crippen LogP contribution in [0.3, 0.4) is 0 Å². The molecule has 200 valence electrons. The van der Waals surface area contributed by atoms with Gasteiger partial charge in [-0.15, -0.1) is 0 Å². The molecule has 36 heavy (non-hydrogen) atoms. The van der Waals surface area contributed by atoms with Crippen LogP contribution < -0.4 is 0 Å². The summed E-state index contributed by atoms with van der Waals surface area (Å²) in [6.07, 6.45) is -1.20. The molecule has 18 heteroatoms. The molecule has 2 heterocycles. The topological polar surface area (TPSA) is 225 Å². The average Bonchev–Trinajstić information content (AvgIpc) is 3.34. The zero-order valence-corrected chi connectivity index (χ0v) is 19.4. The summed E-state index contributed by atoms with van der Waals surface area (Å²) in [5.74, 6) is -1.63. The molecule has 0 bridgehead atoms. The molecule has 8 atom stereocenters. The van der Waals surface area contributed by atoms with E-state index in [-0.39, 0.29) is 63.5 Å². The fourth-order valence-electron chi connectivity index (χ4n) is 6.90. The molecule has 8 unspecified atom stereocenters. The van der Waals surface area contributed by atoms with Gasteiger partial charge in [0.2, 0.25) is 12.1 Å². The smallest absolute Gasteiger partial charge is 0.264 e. The number of nitrogens with zero attached hydrogens (tertiary/aromatic N) is 8. The minimum absolute atomic E-state index is 0.0828. The Bertz CT molecular complexity index is 872. The number of hydrogen-bond acceptors (Lipinski definition) is 12. The number of hydrogen-bond donors (Lipinski definition) is 0. The molecule has 0 amide bonds. The third-order valence-electron chi connectivity index (χ3n) is 8.43. The third-order valence-corrected chi connectivity index (χ3v) is 8.43. The monoisotopic (exact) mass is 516 g/mol. The van der Waals surface area contributed by atoms with Crippen molar-refractivity contribution in [3.05, 3.63) is 50.6 Å². The van der Waals surface area contributed by atoms with E-state index in [0.717, 1.165) is 0 Å². The van der Waals surface area contributed by atoms with Gasteiger partial charge in [-0.3, -0.25) is 40.5 Å². The van der Waals surface area contributed by atoms with Crippen molar-refractivity contribution in [3.8, 4) is 0 Å². The minimum atomic E-state index is -1.24. The lowest BCUT2D eigenvalue weighted by Crippen LogP contribution is -2.52. The minimum Gasteiger partial charge on any atom is -0.264 e. The van der Waals surface area contributed by atoms with Crippen LogP contribution in [0, 0.1) is 74.2 Å². The molecule has 4 aliphatic rings. The Morgan fingerprint density at radius 1 is 0.611 bits per heavy atom. The van der Waals surface area contributed by atoms with Gasteiger partial charge in [0.1, 0.15) is 13.3 Å². The molecule has 0 radical (unpaired) electrons. The fourth-order valence-corrected chi connectivity index (χ4v) is 6.90. The Morgan fingerprint density at radius 3 is 1.31 bits per heavy atom. The van der Waals surface area contributed by atoms with Gasteiger partial charge in [-0.25, -0.2) is 19.9 Å². The van der Waals surface area contributed by atoms with E-state index in [2.05, 4.69) is 0 Å². The summed E-state index contributed by atoms with van der Waals surface area (Å²) in [7, 11) is 0. The number of fused-ring (bicyclic) bond motifs is 2. The van der Waals surface area contributed by atoms with Crippen molar-refractivity contribution in [2.45, 2.75) is 62.9 Å². The summed E-state index contributed by atoms with van der Waals surface area (Å²) >= 11 is 0. The predicted octanol–water partition coefficient (Wildman–Crippen LogP) is 0.355. The zero-order valence-electron chi connectivity index (χ0n) is 19.4. The standard InChI is InChI=1S/C18H28N8O10/c27-22(28)13-1-3-15-11(5-13)7-19(17(15)24(31)32)9-21(26(35)36)10-20-8-12-6-14(23(29)30)2-4-16(12)18(20)25(33)34/h11-18H,1-10H2. The Kier molecular flexibility index (Phi) is 7.17. The Labute approximate surface area is 203 Å². The maximum atomic E-state index is 11.9. The number of hydrazine groups is 1. The van der Waals surface area contributed by atoms with Crippen LogP contribution >= 0.6 is 0 Å². The van der Waals surface area contributed by atoms with Crippen LogP contribution in [-0.4, -0.2) is 90.4 Å². The van der Waals surface area contributed by atoms with E-state index in [1.165, 1.54) is 9.80 Å². The molecule has 0 aromatic carbocycles. The molecule has 0 aromatic rings. The first-order valence-electron chi connectivity index (χ1n) is 11.9. The second-order valence-corrected chi connectivity index (χ2v) is 10.3. The summed E-state index contributed by atoms with van der Waals surface area (Å²) in [5.41, 5.74) is 0. The molecule has 4 rings (SSSR count). The Balaban J connectivity index is 1.48. The summed E-state index contributed by atoms with van der Waals surface area (Å²) < 4.78 is 0. The lowest BCUT2D eigenvalue weighted by atomic mass is 9.78. The molecule has 0 spiro atoms. The summed E-state index contributed by atoms with van der Waals surface area (Å²) in [4.78, 5) is 58.9. The Hall–Kier alpha value is -3.28.